The van der Waals surface area contributed by atoms with Crippen molar-refractivity contribution in [2.75, 3.05) is 18.5 Å². The summed E-state index contributed by atoms with van der Waals surface area (Å²) in [7, 11) is 0. The molecule has 2 rings (SSSR count). The third-order valence-corrected chi connectivity index (χ3v) is 3.74. The molecule has 2 aromatic rings. The van der Waals surface area contributed by atoms with Crippen LogP contribution in [0.15, 0.2) is 23.6 Å². The number of carbonyl (C=O) groups is 3. The van der Waals surface area contributed by atoms with Gasteiger partial charge in [0, 0.05) is 5.38 Å². The van der Waals surface area contributed by atoms with E-state index in [2.05, 4.69) is 15.0 Å². The highest BCUT2D eigenvalue weighted by molar-refractivity contribution is 7.13. The Morgan fingerprint density at radius 2 is 1.88 bits per heavy atom. The fraction of sp³-hybridized carbons (Fsp3) is 0.250. The second-order valence-electron chi connectivity index (χ2n) is 4.85. The van der Waals surface area contributed by atoms with Gasteiger partial charge in [0.2, 0.25) is 0 Å². The van der Waals surface area contributed by atoms with Crippen molar-refractivity contribution in [3.63, 3.8) is 0 Å². The van der Waals surface area contributed by atoms with Crippen LogP contribution in [-0.4, -0.2) is 36.0 Å². The van der Waals surface area contributed by atoms with Gasteiger partial charge in [0.25, 0.3) is 5.91 Å². The first-order chi connectivity index (χ1) is 12.4. The van der Waals surface area contributed by atoms with Gasteiger partial charge in [-0.25, -0.2) is 18.6 Å². The van der Waals surface area contributed by atoms with Crippen LogP contribution in [0.2, 0.25) is 0 Å². The highest BCUT2D eigenvalue weighted by Gasteiger charge is 2.20. The van der Waals surface area contributed by atoms with Gasteiger partial charge in [-0.1, -0.05) is 6.07 Å². The molecule has 0 aliphatic heterocycles. The van der Waals surface area contributed by atoms with E-state index in [0.717, 1.165) is 29.5 Å². The van der Waals surface area contributed by atoms with E-state index in [1.165, 1.54) is 0 Å². The molecule has 0 fully saturated rings. The summed E-state index contributed by atoms with van der Waals surface area (Å²) < 4.78 is 36.3. The third kappa shape index (κ3) is 5.31. The maximum Gasteiger partial charge on any atom is 0.344 e. The highest BCUT2D eigenvalue weighted by Crippen LogP contribution is 2.16. The Labute approximate surface area is 150 Å². The average Bonchev–Trinajstić information content (AvgIpc) is 2.99. The number of hydrogen-bond acceptors (Lipinski definition) is 7. The summed E-state index contributed by atoms with van der Waals surface area (Å²) >= 11 is 1.06. The SMILES string of the molecule is CCOC(=O)Cc1csc(NC(=O)COC(=O)c2c(F)cccc2F)n1. The highest BCUT2D eigenvalue weighted by atomic mass is 32.1. The lowest BCUT2D eigenvalue weighted by atomic mass is 10.2. The standard InChI is InChI=1S/C16H14F2N2O5S/c1-2-24-13(22)6-9-8-26-16(19-9)20-12(21)7-25-15(23)14-10(17)4-3-5-11(14)18/h3-5,8H,2,6-7H2,1H3,(H,19,20,21). The first-order valence-electron chi connectivity index (χ1n) is 7.41. The molecule has 1 amide bonds. The number of ether oxygens (including phenoxy) is 2. The second-order valence-corrected chi connectivity index (χ2v) is 5.70. The van der Waals surface area contributed by atoms with E-state index < -0.39 is 41.7 Å². The Hall–Kier alpha value is -2.88. The number of benzene rings is 1. The molecule has 0 bridgehead atoms. The summed E-state index contributed by atoms with van der Waals surface area (Å²) in [5, 5.41) is 4.10. The van der Waals surface area contributed by atoms with Gasteiger partial charge in [-0.15, -0.1) is 11.3 Å². The van der Waals surface area contributed by atoms with E-state index in [9.17, 15) is 23.2 Å². The number of carbonyl (C=O) groups excluding carboxylic acids is 3. The molecule has 138 valence electrons. The van der Waals surface area contributed by atoms with E-state index in [1.807, 2.05) is 0 Å². The molecule has 0 radical (unpaired) electrons. The van der Waals surface area contributed by atoms with Crippen molar-refractivity contribution < 1.29 is 32.6 Å². The summed E-state index contributed by atoms with van der Waals surface area (Å²) in [4.78, 5) is 38.8. The quantitative estimate of drug-likeness (QED) is 0.737. The zero-order valence-electron chi connectivity index (χ0n) is 13.6. The van der Waals surface area contributed by atoms with E-state index >= 15 is 0 Å². The van der Waals surface area contributed by atoms with Gasteiger partial charge in [0.05, 0.1) is 18.7 Å². The smallest absolute Gasteiger partial charge is 0.344 e. The minimum absolute atomic E-state index is 0.0399. The molecule has 0 aliphatic carbocycles. The van der Waals surface area contributed by atoms with E-state index in [0.29, 0.717) is 5.69 Å². The number of halogens is 2. The van der Waals surface area contributed by atoms with Crippen LogP contribution in [0.25, 0.3) is 0 Å². The molecule has 1 aromatic carbocycles. The predicted molar refractivity (Wildman–Crippen MR) is 87.7 cm³/mol. The van der Waals surface area contributed by atoms with Crippen molar-refractivity contribution >= 4 is 34.3 Å². The molecule has 26 heavy (non-hydrogen) atoms. The van der Waals surface area contributed by atoms with E-state index in [1.54, 1.807) is 12.3 Å². The van der Waals surface area contributed by atoms with Gasteiger partial charge < -0.3 is 9.47 Å². The van der Waals surface area contributed by atoms with Gasteiger partial charge in [0.15, 0.2) is 11.7 Å². The predicted octanol–water partition coefficient (Wildman–Crippen LogP) is 2.32. The molecule has 1 aromatic heterocycles. The molecule has 0 saturated heterocycles. The molecule has 7 nitrogen and oxygen atoms in total. The molecule has 0 atom stereocenters. The number of rotatable bonds is 7. The maximum atomic E-state index is 13.4. The van der Waals surface area contributed by atoms with Gasteiger partial charge in [0.1, 0.15) is 17.2 Å². The van der Waals surface area contributed by atoms with Crippen LogP contribution < -0.4 is 5.32 Å². The summed E-state index contributed by atoms with van der Waals surface area (Å²) in [5.41, 5.74) is -0.458. The number of nitrogens with zero attached hydrogens (tertiary/aromatic N) is 1. The summed E-state index contributed by atoms with van der Waals surface area (Å²) in [6.45, 7) is 1.18. The van der Waals surface area contributed by atoms with Gasteiger partial charge in [-0.05, 0) is 19.1 Å². The number of amides is 1. The van der Waals surface area contributed by atoms with Crippen molar-refractivity contribution in [3.8, 4) is 0 Å². The summed E-state index contributed by atoms with van der Waals surface area (Å²) in [5.74, 6) is -4.65. The molecule has 0 aliphatic rings. The number of hydrogen-bond donors (Lipinski definition) is 1. The largest absolute Gasteiger partial charge is 0.466 e. The molecular formula is C16H14F2N2O5S. The molecule has 0 spiro atoms. The third-order valence-electron chi connectivity index (χ3n) is 2.93. The number of aromatic nitrogens is 1. The van der Waals surface area contributed by atoms with Crippen LogP contribution in [0.1, 0.15) is 23.0 Å². The van der Waals surface area contributed by atoms with Crippen LogP contribution >= 0.6 is 11.3 Å². The fourth-order valence-electron chi connectivity index (χ4n) is 1.86. The first kappa shape index (κ1) is 19.4. The second kappa shape index (κ2) is 8.99. The normalized spacial score (nSPS) is 10.3. The van der Waals surface area contributed by atoms with Crippen LogP contribution in [0, 0.1) is 11.6 Å². The van der Waals surface area contributed by atoms with Crippen molar-refractivity contribution in [3.05, 3.63) is 46.5 Å². The summed E-state index contributed by atoms with van der Waals surface area (Å²) in [6, 6.07) is 2.91. The molecule has 1 heterocycles. The number of anilines is 1. The Bertz CT molecular complexity index is 804. The topological polar surface area (TPSA) is 94.6 Å². The lowest BCUT2D eigenvalue weighted by Gasteiger charge is -2.06. The van der Waals surface area contributed by atoms with Crippen molar-refractivity contribution in [2.24, 2.45) is 0 Å². The van der Waals surface area contributed by atoms with Crippen LogP contribution in [0.3, 0.4) is 0 Å². The van der Waals surface area contributed by atoms with Crippen LogP contribution in [0.4, 0.5) is 13.9 Å². The maximum absolute atomic E-state index is 13.4. The van der Waals surface area contributed by atoms with Crippen LogP contribution in [-0.2, 0) is 25.5 Å². The zero-order chi connectivity index (χ0) is 19.1. The minimum atomic E-state index is -1.29. The monoisotopic (exact) mass is 384 g/mol. The minimum Gasteiger partial charge on any atom is -0.466 e. The number of thiazole rings is 1. The van der Waals surface area contributed by atoms with Gasteiger partial charge in [-0.3, -0.25) is 14.9 Å². The van der Waals surface area contributed by atoms with Crippen LogP contribution in [0.5, 0.6) is 0 Å². The zero-order valence-corrected chi connectivity index (χ0v) is 14.4. The Kier molecular flexibility index (Phi) is 6.73. The Morgan fingerprint density at radius 3 is 2.54 bits per heavy atom. The Morgan fingerprint density at radius 1 is 1.19 bits per heavy atom. The molecular weight excluding hydrogens is 370 g/mol. The van der Waals surface area contributed by atoms with Gasteiger partial charge >= 0.3 is 11.9 Å². The molecule has 0 saturated carbocycles. The number of esters is 2. The molecule has 0 unspecified atom stereocenters. The van der Waals surface area contributed by atoms with Gasteiger partial charge in [-0.2, -0.15) is 0 Å². The lowest BCUT2D eigenvalue weighted by Crippen LogP contribution is -2.22. The van der Waals surface area contributed by atoms with E-state index in [-0.39, 0.29) is 18.2 Å². The van der Waals surface area contributed by atoms with E-state index in [4.69, 9.17) is 4.74 Å². The Balaban J connectivity index is 1.86. The lowest BCUT2D eigenvalue weighted by molar-refractivity contribution is -0.142. The molecule has 10 heteroatoms. The first-order valence-corrected chi connectivity index (χ1v) is 8.29. The van der Waals surface area contributed by atoms with Crippen molar-refractivity contribution in [2.45, 2.75) is 13.3 Å². The fourth-order valence-corrected chi connectivity index (χ4v) is 2.58. The van der Waals surface area contributed by atoms with Crippen molar-refractivity contribution in [1.29, 1.82) is 0 Å². The number of nitrogens with one attached hydrogen (secondary N) is 1. The molecule has 1 N–H and O–H groups in total. The van der Waals surface area contributed by atoms with Crippen molar-refractivity contribution in [1.82, 2.24) is 4.98 Å². The summed E-state index contributed by atoms with van der Waals surface area (Å²) in [6.07, 6.45) is -0.0399. The average molecular weight is 384 g/mol.